The maximum atomic E-state index is 10.9. The third kappa shape index (κ3) is 4.07. The Morgan fingerprint density at radius 3 is 2.64 bits per heavy atom. The average molecular weight is 200 g/mol. The standard InChI is InChI=1S/C10H20N2O2/c1-12-10(13)6-7-14-9-4-2-8(11)3-5-9/h8-9H,2-7,11H2,1H3,(H,12,13). The molecule has 0 aromatic carbocycles. The molecule has 1 fully saturated rings. The largest absolute Gasteiger partial charge is 0.378 e. The highest BCUT2D eigenvalue weighted by atomic mass is 16.5. The number of carbonyl (C=O) groups excluding carboxylic acids is 1. The van der Waals surface area contributed by atoms with Gasteiger partial charge in [-0.05, 0) is 25.7 Å². The molecule has 0 radical (unpaired) electrons. The molecule has 14 heavy (non-hydrogen) atoms. The van der Waals surface area contributed by atoms with E-state index in [1.165, 1.54) is 0 Å². The van der Waals surface area contributed by atoms with Gasteiger partial charge in [-0.15, -0.1) is 0 Å². The molecule has 0 spiro atoms. The summed E-state index contributed by atoms with van der Waals surface area (Å²) in [7, 11) is 1.64. The van der Waals surface area contributed by atoms with Gasteiger partial charge in [0.1, 0.15) is 0 Å². The molecule has 1 amide bonds. The van der Waals surface area contributed by atoms with Gasteiger partial charge < -0.3 is 15.8 Å². The lowest BCUT2D eigenvalue weighted by atomic mass is 9.94. The second-order valence-electron chi connectivity index (χ2n) is 3.83. The predicted octanol–water partition coefficient (Wildman–Crippen LogP) is 0.409. The summed E-state index contributed by atoms with van der Waals surface area (Å²) in [6, 6.07) is 0.355. The number of hydrogen-bond acceptors (Lipinski definition) is 3. The lowest BCUT2D eigenvalue weighted by molar-refractivity contribution is -0.122. The van der Waals surface area contributed by atoms with Crippen LogP contribution < -0.4 is 11.1 Å². The normalized spacial score (nSPS) is 27.3. The maximum absolute atomic E-state index is 10.9. The number of ether oxygens (including phenoxy) is 1. The third-order valence-electron chi connectivity index (χ3n) is 2.68. The van der Waals surface area contributed by atoms with Crippen LogP contribution in [0.5, 0.6) is 0 Å². The van der Waals surface area contributed by atoms with Crippen molar-refractivity contribution < 1.29 is 9.53 Å². The van der Waals surface area contributed by atoms with Crippen LogP contribution in [0.4, 0.5) is 0 Å². The molecule has 1 aliphatic carbocycles. The first-order chi connectivity index (χ1) is 6.72. The van der Waals surface area contributed by atoms with E-state index < -0.39 is 0 Å². The van der Waals surface area contributed by atoms with Gasteiger partial charge in [0.2, 0.25) is 5.91 Å². The maximum Gasteiger partial charge on any atom is 0.222 e. The SMILES string of the molecule is CNC(=O)CCOC1CCC(N)CC1. The van der Waals surface area contributed by atoms with E-state index >= 15 is 0 Å². The van der Waals surface area contributed by atoms with E-state index in [0.717, 1.165) is 25.7 Å². The van der Waals surface area contributed by atoms with Crippen LogP contribution in [0.25, 0.3) is 0 Å². The van der Waals surface area contributed by atoms with Gasteiger partial charge in [-0.1, -0.05) is 0 Å². The van der Waals surface area contributed by atoms with Gasteiger partial charge in [0.25, 0.3) is 0 Å². The van der Waals surface area contributed by atoms with Gasteiger partial charge >= 0.3 is 0 Å². The summed E-state index contributed by atoms with van der Waals surface area (Å²) >= 11 is 0. The molecule has 4 heteroatoms. The Bertz CT molecular complexity index is 177. The first-order valence-corrected chi connectivity index (χ1v) is 5.30. The predicted molar refractivity (Wildman–Crippen MR) is 54.9 cm³/mol. The second-order valence-corrected chi connectivity index (χ2v) is 3.83. The van der Waals surface area contributed by atoms with Crippen molar-refractivity contribution >= 4 is 5.91 Å². The minimum Gasteiger partial charge on any atom is -0.378 e. The topological polar surface area (TPSA) is 64.3 Å². The van der Waals surface area contributed by atoms with Gasteiger partial charge in [0.05, 0.1) is 12.7 Å². The van der Waals surface area contributed by atoms with Crippen LogP contribution >= 0.6 is 0 Å². The van der Waals surface area contributed by atoms with Crippen LogP contribution in [-0.2, 0) is 9.53 Å². The lowest BCUT2D eigenvalue weighted by Crippen LogP contribution is -2.31. The van der Waals surface area contributed by atoms with E-state index in [1.54, 1.807) is 7.05 Å². The Labute approximate surface area is 85.2 Å². The molecule has 82 valence electrons. The van der Waals surface area contributed by atoms with Crippen LogP contribution in [0.2, 0.25) is 0 Å². The van der Waals surface area contributed by atoms with Crippen molar-refractivity contribution in [2.75, 3.05) is 13.7 Å². The highest BCUT2D eigenvalue weighted by Gasteiger charge is 2.18. The quantitative estimate of drug-likeness (QED) is 0.691. The summed E-state index contributed by atoms with van der Waals surface area (Å²) in [6.45, 7) is 0.527. The Morgan fingerprint density at radius 2 is 2.07 bits per heavy atom. The Hall–Kier alpha value is -0.610. The molecule has 1 aliphatic rings. The number of nitrogens with one attached hydrogen (secondary N) is 1. The molecule has 1 saturated carbocycles. The molecule has 4 nitrogen and oxygen atoms in total. The van der Waals surface area contributed by atoms with Gasteiger partial charge in [0.15, 0.2) is 0 Å². The van der Waals surface area contributed by atoms with E-state index in [-0.39, 0.29) is 5.91 Å². The average Bonchev–Trinajstić information content (AvgIpc) is 2.21. The number of carbonyl (C=O) groups is 1. The summed E-state index contributed by atoms with van der Waals surface area (Å²) in [6.07, 6.45) is 4.94. The van der Waals surface area contributed by atoms with Crippen molar-refractivity contribution in [3.05, 3.63) is 0 Å². The molecule has 0 heterocycles. The van der Waals surface area contributed by atoms with E-state index in [1.807, 2.05) is 0 Å². The highest BCUT2D eigenvalue weighted by Crippen LogP contribution is 2.19. The minimum atomic E-state index is 0.0394. The number of amides is 1. The van der Waals surface area contributed by atoms with Gasteiger partial charge in [-0.3, -0.25) is 4.79 Å². The molecule has 0 aliphatic heterocycles. The lowest BCUT2D eigenvalue weighted by Gasteiger charge is -2.25. The number of nitrogens with two attached hydrogens (primary N) is 1. The molecule has 0 unspecified atom stereocenters. The summed E-state index contributed by atoms with van der Waals surface area (Å²) in [5.41, 5.74) is 5.78. The van der Waals surface area contributed by atoms with Gasteiger partial charge in [-0.25, -0.2) is 0 Å². The van der Waals surface area contributed by atoms with Gasteiger partial charge in [-0.2, -0.15) is 0 Å². The van der Waals surface area contributed by atoms with Crippen LogP contribution in [-0.4, -0.2) is 31.7 Å². The van der Waals surface area contributed by atoms with Crippen LogP contribution in [0.15, 0.2) is 0 Å². The van der Waals surface area contributed by atoms with Crippen molar-refractivity contribution in [1.82, 2.24) is 5.32 Å². The summed E-state index contributed by atoms with van der Waals surface area (Å²) in [5, 5.41) is 2.57. The molecule has 3 N–H and O–H groups in total. The van der Waals surface area contributed by atoms with Crippen molar-refractivity contribution in [3.8, 4) is 0 Å². The molecule has 0 saturated heterocycles. The molecule has 0 aromatic rings. The monoisotopic (exact) mass is 200 g/mol. The second kappa shape index (κ2) is 5.98. The zero-order valence-electron chi connectivity index (χ0n) is 8.79. The molecule has 0 bridgehead atoms. The zero-order chi connectivity index (χ0) is 10.4. The third-order valence-corrected chi connectivity index (χ3v) is 2.68. The van der Waals surface area contributed by atoms with Gasteiger partial charge in [0, 0.05) is 19.5 Å². The zero-order valence-corrected chi connectivity index (χ0v) is 8.79. The van der Waals surface area contributed by atoms with Crippen molar-refractivity contribution in [2.24, 2.45) is 5.73 Å². The smallest absolute Gasteiger partial charge is 0.222 e. The Morgan fingerprint density at radius 1 is 1.43 bits per heavy atom. The summed E-state index contributed by atoms with van der Waals surface area (Å²) in [5.74, 6) is 0.0394. The highest BCUT2D eigenvalue weighted by molar-refractivity contribution is 5.75. The van der Waals surface area contributed by atoms with Crippen molar-refractivity contribution in [3.63, 3.8) is 0 Å². The van der Waals surface area contributed by atoms with Crippen LogP contribution in [0.1, 0.15) is 32.1 Å². The Balaban J connectivity index is 2.04. The van der Waals surface area contributed by atoms with Crippen molar-refractivity contribution in [1.29, 1.82) is 0 Å². The van der Waals surface area contributed by atoms with Crippen LogP contribution in [0, 0.1) is 0 Å². The molecule has 0 aromatic heterocycles. The molecular formula is C10H20N2O2. The number of rotatable bonds is 4. The van der Waals surface area contributed by atoms with E-state index in [0.29, 0.717) is 25.2 Å². The molecule has 1 rings (SSSR count). The van der Waals surface area contributed by atoms with Crippen molar-refractivity contribution in [2.45, 2.75) is 44.2 Å². The fourth-order valence-corrected chi connectivity index (χ4v) is 1.70. The summed E-state index contributed by atoms with van der Waals surface area (Å²) in [4.78, 5) is 10.9. The molecule has 0 atom stereocenters. The first-order valence-electron chi connectivity index (χ1n) is 5.30. The van der Waals surface area contributed by atoms with E-state index in [2.05, 4.69) is 5.32 Å². The minimum absolute atomic E-state index is 0.0394. The fourth-order valence-electron chi connectivity index (χ4n) is 1.70. The van der Waals surface area contributed by atoms with Crippen LogP contribution in [0.3, 0.4) is 0 Å². The molecular weight excluding hydrogens is 180 g/mol. The first kappa shape index (κ1) is 11.5. The summed E-state index contributed by atoms with van der Waals surface area (Å²) < 4.78 is 5.59. The number of hydrogen-bond donors (Lipinski definition) is 2. The Kier molecular flexibility index (Phi) is 4.90. The van der Waals surface area contributed by atoms with E-state index in [4.69, 9.17) is 10.5 Å². The van der Waals surface area contributed by atoms with E-state index in [9.17, 15) is 4.79 Å². The fraction of sp³-hybridized carbons (Fsp3) is 0.900.